The highest BCUT2D eigenvalue weighted by molar-refractivity contribution is 8.18. The van der Waals surface area contributed by atoms with Gasteiger partial charge in [0.2, 0.25) is 0 Å². The number of thioether (sulfide) groups is 1. The van der Waals surface area contributed by atoms with E-state index in [2.05, 4.69) is 10.3 Å². The number of furan rings is 1. The zero-order valence-corrected chi connectivity index (χ0v) is 16.2. The highest BCUT2D eigenvalue weighted by Gasteiger charge is 2.24. The van der Waals surface area contributed by atoms with E-state index in [4.69, 9.17) is 16.0 Å². The first kappa shape index (κ1) is 19.0. The Hall–Kier alpha value is -3.36. The Bertz CT molecular complexity index is 1170. The number of nitro groups is 1. The molecule has 9 heteroatoms. The van der Waals surface area contributed by atoms with E-state index in [1.807, 2.05) is 6.07 Å². The number of benzene rings is 2. The topological polar surface area (TPSA) is 97.7 Å². The van der Waals surface area contributed by atoms with Gasteiger partial charge >= 0.3 is 0 Å². The van der Waals surface area contributed by atoms with E-state index in [9.17, 15) is 14.9 Å². The van der Waals surface area contributed by atoms with Gasteiger partial charge in [-0.25, -0.2) is 4.99 Å². The molecule has 1 aromatic heterocycles. The normalized spacial score (nSPS) is 16.4. The molecule has 0 saturated carbocycles. The van der Waals surface area contributed by atoms with E-state index in [1.165, 1.54) is 23.9 Å². The summed E-state index contributed by atoms with van der Waals surface area (Å²) in [7, 11) is 0. The monoisotopic (exact) mass is 425 g/mol. The third-order valence-corrected chi connectivity index (χ3v) is 5.22. The lowest BCUT2D eigenvalue weighted by molar-refractivity contribution is -0.384. The molecule has 2 aromatic carbocycles. The van der Waals surface area contributed by atoms with Crippen LogP contribution in [-0.2, 0) is 4.79 Å². The van der Waals surface area contributed by atoms with Crippen LogP contribution in [0.25, 0.3) is 17.4 Å². The van der Waals surface area contributed by atoms with Gasteiger partial charge < -0.3 is 9.73 Å². The maximum absolute atomic E-state index is 12.2. The molecule has 3 aromatic rings. The molecule has 1 aliphatic heterocycles. The van der Waals surface area contributed by atoms with Crippen LogP contribution in [-0.4, -0.2) is 16.0 Å². The zero-order valence-electron chi connectivity index (χ0n) is 14.7. The lowest BCUT2D eigenvalue weighted by atomic mass is 10.1. The molecule has 0 atom stereocenters. The van der Waals surface area contributed by atoms with Crippen molar-refractivity contribution in [3.8, 4) is 11.3 Å². The number of nitrogens with one attached hydrogen (secondary N) is 1. The minimum atomic E-state index is -0.459. The number of amidine groups is 1. The fourth-order valence-electron chi connectivity index (χ4n) is 2.59. The van der Waals surface area contributed by atoms with Gasteiger partial charge in [0.1, 0.15) is 11.5 Å². The van der Waals surface area contributed by atoms with Gasteiger partial charge in [0.05, 0.1) is 20.5 Å². The predicted octanol–water partition coefficient (Wildman–Crippen LogP) is 5.40. The zero-order chi connectivity index (χ0) is 20.4. The smallest absolute Gasteiger partial charge is 0.269 e. The molecule has 0 spiro atoms. The van der Waals surface area contributed by atoms with Crippen molar-refractivity contribution in [2.75, 3.05) is 0 Å². The molecule has 0 bridgehead atoms. The minimum absolute atomic E-state index is 0.00649. The number of para-hydroxylation sites is 1. The maximum Gasteiger partial charge on any atom is 0.269 e. The Morgan fingerprint density at radius 2 is 1.86 bits per heavy atom. The van der Waals surface area contributed by atoms with E-state index in [1.54, 1.807) is 48.5 Å². The highest BCUT2D eigenvalue weighted by atomic mass is 35.5. The third kappa shape index (κ3) is 4.23. The molecule has 7 nitrogen and oxygen atoms in total. The molecule has 144 valence electrons. The van der Waals surface area contributed by atoms with Crippen molar-refractivity contribution in [3.05, 3.63) is 86.5 Å². The van der Waals surface area contributed by atoms with Gasteiger partial charge in [0.25, 0.3) is 11.6 Å². The molecule has 1 fully saturated rings. The molecule has 2 heterocycles. The van der Waals surface area contributed by atoms with Gasteiger partial charge in [-0.2, -0.15) is 0 Å². The summed E-state index contributed by atoms with van der Waals surface area (Å²) < 4.78 is 5.75. The van der Waals surface area contributed by atoms with Crippen molar-refractivity contribution in [1.82, 2.24) is 5.32 Å². The predicted molar refractivity (Wildman–Crippen MR) is 113 cm³/mol. The van der Waals surface area contributed by atoms with Crippen LogP contribution in [0, 0.1) is 10.1 Å². The Morgan fingerprint density at radius 1 is 1.10 bits per heavy atom. The van der Waals surface area contributed by atoms with Crippen molar-refractivity contribution in [2.45, 2.75) is 0 Å². The van der Waals surface area contributed by atoms with Gasteiger partial charge in [-0.15, -0.1) is 0 Å². The average molecular weight is 426 g/mol. The van der Waals surface area contributed by atoms with E-state index < -0.39 is 4.92 Å². The quantitative estimate of drug-likeness (QED) is 0.343. The first-order valence-electron chi connectivity index (χ1n) is 8.38. The molecule has 29 heavy (non-hydrogen) atoms. The van der Waals surface area contributed by atoms with Gasteiger partial charge in [0, 0.05) is 23.8 Å². The van der Waals surface area contributed by atoms with E-state index in [0.29, 0.717) is 37.9 Å². The van der Waals surface area contributed by atoms with Crippen molar-refractivity contribution in [2.24, 2.45) is 4.99 Å². The number of hydrogen-bond acceptors (Lipinski definition) is 6. The van der Waals surface area contributed by atoms with Gasteiger partial charge in [0.15, 0.2) is 5.17 Å². The van der Waals surface area contributed by atoms with Crippen molar-refractivity contribution < 1.29 is 14.1 Å². The maximum atomic E-state index is 12.2. The summed E-state index contributed by atoms with van der Waals surface area (Å²) in [5, 5.41) is 14.4. The van der Waals surface area contributed by atoms with Crippen LogP contribution in [0.5, 0.6) is 0 Å². The molecule has 1 aliphatic rings. The largest absolute Gasteiger partial charge is 0.457 e. The summed E-state index contributed by atoms with van der Waals surface area (Å²) in [6.45, 7) is 0. The third-order valence-electron chi connectivity index (χ3n) is 3.99. The van der Waals surface area contributed by atoms with Crippen molar-refractivity contribution in [3.63, 3.8) is 0 Å². The van der Waals surface area contributed by atoms with Gasteiger partial charge in [-0.3, -0.25) is 14.9 Å². The number of aliphatic imine (C=N–C) groups is 1. The number of nitrogens with zero attached hydrogens (tertiary/aromatic N) is 2. The summed E-state index contributed by atoms with van der Waals surface area (Å²) >= 11 is 7.28. The molecule has 4 rings (SSSR count). The van der Waals surface area contributed by atoms with Crippen molar-refractivity contribution >= 4 is 51.9 Å². The van der Waals surface area contributed by atoms with Crippen LogP contribution in [0.2, 0.25) is 5.02 Å². The number of carbonyl (C=O) groups is 1. The Kier molecular flexibility index (Phi) is 5.20. The first-order valence-corrected chi connectivity index (χ1v) is 9.58. The SMILES string of the molecule is O=C1NC(=Nc2ccccc2Cl)S/C1=C/c1ccc(-c2ccc([N+](=O)[O-])cc2)o1. The second-order valence-electron chi connectivity index (χ2n) is 5.94. The Balaban J connectivity index is 1.54. The number of hydrogen-bond donors (Lipinski definition) is 1. The first-order chi connectivity index (χ1) is 14.0. The van der Waals surface area contributed by atoms with E-state index in [-0.39, 0.29) is 11.6 Å². The van der Waals surface area contributed by atoms with Gasteiger partial charge in [-0.05, 0) is 48.2 Å². The molecular weight excluding hydrogens is 414 g/mol. The molecule has 1 N–H and O–H groups in total. The number of amides is 1. The van der Waals surface area contributed by atoms with Crippen LogP contribution >= 0.6 is 23.4 Å². The lowest BCUT2D eigenvalue weighted by Crippen LogP contribution is -2.19. The number of carbonyl (C=O) groups excluding carboxylic acids is 1. The van der Waals surface area contributed by atoms with Crippen molar-refractivity contribution in [1.29, 1.82) is 0 Å². The Morgan fingerprint density at radius 3 is 2.59 bits per heavy atom. The second-order valence-corrected chi connectivity index (χ2v) is 7.38. The van der Waals surface area contributed by atoms with Crippen LogP contribution in [0.4, 0.5) is 11.4 Å². The fraction of sp³-hybridized carbons (Fsp3) is 0. The second kappa shape index (κ2) is 7.94. The molecule has 0 radical (unpaired) electrons. The average Bonchev–Trinajstić information content (AvgIpc) is 3.31. The van der Waals surface area contributed by atoms with E-state index in [0.717, 1.165) is 0 Å². The number of rotatable bonds is 4. The summed E-state index contributed by atoms with van der Waals surface area (Å²) in [4.78, 5) is 27.3. The lowest BCUT2D eigenvalue weighted by Gasteiger charge is -1.98. The number of halogens is 1. The summed E-state index contributed by atoms with van der Waals surface area (Å²) in [6, 6.07) is 16.6. The van der Waals surface area contributed by atoms with Crippen LogP contribution in [0.1, 0.15) is 5.76 Å². The summed E-state index contributed by atoms with van der Waals surface area (Å²) in [5.41, 5.74) is 1.27. The molecular formula is C20H12ClN3O4S. The van der Waals surface area contributed by atoms with Crippen LogP contribution in [0.15, 0.2) is 75.0 Å². The minimum Gasteiger partial charge on any atom is -0.457 e. The summed E-state index contributed by atoms with van der Waals surface area (Å²) in [5.74, 6) is 0.740. The molecule has 0 aliphatic carbocycles. The highest BCUT2D eigenvalue weighted by Crippen LogP contribution is 2.32. The fourth-order valence-corrected chi connectivity index (χ4v) is 3.59. The molecule has 0 unspecified atom stereocenters. The molecule has 1 amide bonds. The number of nitro benzene ring substituents is 1. The van der Waals surface area contributed by atoms with Gasteiger partial charge in [-0.1, -0.05) is 23.7 Å². The van der Waals surface area contributed by atoms with Crippen LogP contribution in [0.3, 0.4) is 0 Å². The number of non-ortho nitro benzene ring substituents is 1. The summed E-state index contributed by atoms with van der Waals surface area (Å²) in [6.07, 6.45) is 1.62. The standard InChI is InChI=1S/C20H12ClN3O4S/c21-15-3-1-2-4-16(15)22-20-23-19(25)18(29-20)11-14-9-10-17(28-14)12-5-7-13(8-6-12)24(26)27/h1-11H,(H,22,23,25)/b18-11+. The molecule has 1 saturated heterocycles. The van der Waals surface area contributed by atoms with E-state index >= 15 is 0 Å². The van der Waals surface area contributed by atoms with Crippen LogP contribution < -0.4 is 5.32 Å². The Labute approximate surface area is 174 Å².